The lowest BCUT2D eigenvalue weighted by molar-refractivity contribution is 0.0634. The second-order valence-electron chi connectivity index (χ2n) is 11.2. The minimum absolute atomic E-state index is 0.193. The summed E-state index contributed by atoms with van der Waals surface area (Å²) >= 11 is 1.66. The monoisotopic (exact) mass is 551 g/mol. The fourth-order valence-corrected chi connectivity index (χ4v) is 6.10. The number of hydrogen-bond acceptors (Lipinski definition) is 9. The molecule has 5 rings (SSSR count). The summed E-state index contributed by atoms with van der Waals surface area (Å²) in [7, 11) is 1.67. The van der Waals surface area contributed by atoms with Crippen LogP contribution in [-0.4, -0.2) is 73.8 Å². The number of methoxy groups -OCH3 is 1. The van der Waals surface area contributed by atoms with Crippen molar-refractivity contribution in [2.75, 3.05) is 37.8 Å². The second kappa shape index (κ2) is 11.1. The molecule has 0 spiro atoms. The first kappa shape index (κ1) is 27.4. The van der Waals surface area contributed by atoms with Gasteiger partial charge in [0.1, 0.15) is 16.4 Å². The lowest BCUT2D eigenvalue weighted by atomic mass is 10.1. The Morgan fingerprint density at radius 1 is 1.18 bits per heavy atom. The number of aromatic nitrogens is 5. The molecule has 1 amide bonds. The number of hydrogen-bond donors (Lipinski definition) is 1. The van der Waals surface area contributed by atoms with Crippen LogP contribution in [0, 0.1) is 13.8 Å². The Hall–Kier alpha value is -3.18. The zero-order valence-corrected chi connectivity index (χ0v) is 24.4. The van der Waals surface area contributed by atoms with Crippen LogP contribution < -0.4 is 10.1 Å². The summed E-state index contributed by atoms with van der Waals surface area (Å²) in [6.07, 6.45) is 6.97. The van der Waals surface area contributed by atoms with Gasteiger partial charge in [0.2, 0.25) is 5.95 Å². The van der Waals surface area contributed by atoms with Crippen molar-refractivity contribution in [1.82, 2.24) is 29.6 Å². The van der Waals surface area contributed by atoms with E-state index in [9.17, 15) is 4.79 Å². The molecule has 0 bridgehead atoms. The molecular weight excluding hydrogens is 514 g/mol. The number of thioether (sulfide) groups is 1. The summed E-state index contributed by atoms with van der Waals surface area (Å²) in [6, 6.07) is 0. The molecule has 1 saturated heterocycles. The first-order valence-corrected chi connectivity index (χ1v) is 14.4. The number of carbonyl (C=O) groups excluding carboxylic acids is 1. The summed E-state index contributed by atoms with van der Waals surface area (Å²) in [6.45, 7) is 13.3. The van der Waals surface area contributed by atoms with Gasteiger partial charge in [-0.2, -0.15) is 10.1 Å². The predicted molar refractivity (Wildman–Crippen MR) is 154 cm³/mol. The number of nitrogens with zero attached hydrogens (tertiary/aromatic N) is 6. The molecule has 10 nitrogen and oxygen atoms in total. The smallest absolute Gasteiger partial charge is 0.414 e. The number of nitrogens with one attached hydrogen (secondary N) is 1. The maximum absolute atomic E-state index is 12.6. The number of pyridine rings is 1. The van der Waals surface area contributed by atoms with E-state index in [1.807, 2.05) is 45.5 Å². The van der Waals surface area contributed by atoms with Crippen molar-refractivity contribution in [3.05, 3.63) is 34.3 Å². The second-order valence-corrected chi connectivity index (χ2v) is 12.1. The van der Waals surface area contributed by atoms with Crippen molar-refractivity contribution in [3.8, 4) is 5.75 Å². The van der Waals surface area contributed by atoms with Crippen LogP contribution in [0.5, 0.6) is 5.75 Å². The van der Waals surface area contributed by atoms with Gasteiger partial charge in [-0.1, -0.05) is 5.57 Å². The van der Waals surface area contributed by atoms with Crippen LogP contribution >= 0.6 is 11.8 Å². The highest BCUT2D eigenvalue weighted by Gasteiger charge is 2.25. The summed E-state index contributed by atoms with van der Waals surface area (Å²) in [5, 5.41) is 9.40. The van der Waals surface area contributed by atoms with Crippen molar-refractivity contribution >= 4 is 40.9 Å². The lowest BCUT2D eigenvalue weighted by Gasteiger charge is -2.19. The van der Waals surface area contributed by atoms with Crippen molar-refractivity contribution in [2.45, 2.75) is 71.1 Å². The Labute approximate surface area is 233 Å². The fraction of sp³-hybridized carbons (Fsp3) is 0.536. The first-order valence-electron chi connectivity index (χ1n) is 13.4. The van der Waals surface area contributed by atoms with E-state index in [0.717, 1.165) is 57.4 Å². The third-order valence-electron chi connectivity index (χ3n) is 6.93. The zero-order valence-electron chi connectivity index (χ0n) is 23.6. The number of aryl methyl sites for hydroxylation is 1. The van der Waals surface area contributed by atoms with E-state index in [0.29, 0.717) is 12.2 Å². The molecule has 3 aromatic heterocycles. The minimum Gasteiger partial charge on any atom is -0.496 e. The van der Waals surface area contributed by atoms with Crippen LogP contribution in [0.15, 0.2) is 16.8 Å². The third kappa shape index (κ3) is 6.19. The fourth-order valence-electron chi connectivity index (χ4n) is 5.05. The number of amides is 1. The molecule has 11 heteroatoms. The van der Waals surface area contributed by atoms with Gasteiger partial charge in [-0.05, 0) is 73.0 Å². The van der Waals surface area contributed by atoms with Gasteiger partial charge in [-0.25, -0.2) is 14.5 Å². The number of rotatable bonds is 7. The van der Waals surface area contributed by atoms with Crippen molar-refractivity contribution in [1.29, 1.82) is 0 Å². The van der Waals surface area contributed by atoms with E-state index in [2.05, 4.69) is 21.3 Å². The van der Waals surface area contributed by atoms with Crippen LogP contribution in [0.25, 0.3) is 17.1 Å². The van der Waals surface area contributed by atoms with Gasteiger partial charge in [0.25, 0.3) is 0 Å². The molecule has 0 atom stereocenters. The van der Waals surface area contributed by atoms with Gasteiger partial charge in [0.05, 0.1) is 30.4 Å². The molecule has 5 heterocycles. The molecule has 0 radical (unpaired) electrons. The Kier molecular flexibility index (Phi) is 7.82. The molecule has 3 aromatic rings. The topological polar surface area (TPSA) is 107 Å². The van der Waals surface area contributed by atoms with Crippen LogP contribution in [0.1, 0.15) is 62.5 Å². The summed E-state index contributed by atoms with van der Waals surface area (Å²) in [5.41, 5.74) is 4.98. The largest absolute Gasteiger partial charge is 0.496 e. The molecule has 0 aromatic carbocycles. The normalized spacial score (nSPS) is 15.8. The predicted octanol–water partition coefficient (Wildman–Crippen LogP) is 5.22. The van der Waals surface area contributed by atoms with Gasteiger partial charge in [0.15, 0.2) is 5.65 Å². The molecule has 1 fully saturated rings. The number of likely N-dealkylation sites (tertiary alicyclic amines) is 1. The summed E-state index contributed by atoms with van der Waals surface area (Å²) in [5.74, 6) is 1.83. The molecule has 1 N–H and O–H groups in total. The molecule has 0 unspecified atom stereocenters. The van der Waals surface area contributed by atoms with E-state index in [-0.39, 0.29) is 5.95 Å². The van der Waals surface area contributed by atoms with Gasteiger partial charge >= 0.3 is 6.09 Å². The van der Waals surface area contributed by atoms with E-state index in [1.54, 1.807) is 18.9 Å². The third-order valence-corrected chi connectivity index (χ3v) is 8.01. The highest BCUT2D eigenvalue weighted by atomic mass is 32.2. The molecule has 2 aliphatic rings. The molecule has 208 valence electrons. The van der Waals surface area contributed by atoms with Crippen molar-refractivity contribution < 1.29 is 14.3 Å². The summed E-state index contributed by atoms with van der Waals surface area (Å²) in [4.78, 5) is 29.2. The maximum Gasteiger partial charge on any atom is 0.414 e. The Bertz CT molecular complexity index is 1420. The Balaban J connectivity index is 1.53. The lowest BCUT2D eigenvalue weighted by Crippen LogP contribution is -2.28. The Morgan fingerprint density at radius 2 is 1.95 bits per heavy atom. The number of ether oxygens (including phenoxy) is 2. The first-order chi connectivity index (χ1) is 18.6. The van der Waals surface area contributed by atoms with Gasteiger partial charge in [-0.15, -0.1) is 11.8 Å². The standard InChI is InChI=1S/C28H37N7O3S/c1-17-14-29-21(18(2)23(17)37-6)15-35-24-22-20(33-35)13-19(9-12-34-10-7-8-11-34)16-39-25(22)31-26(30-24)32-27(36)38-28(3,4)5/h13-14H,7-12,15-16H2,1-6H3,(H,30,31,32,36). The molecule has 39 heavy (non-hydrogen) atoms. The van der Waals surface area contributed by atoms with E-state index in [1.165, 1.54) is 31.5 Å². The SMILES string of the molecule is COc1c(C)cnc(Cn2nc3c4c(nc(NC(=O)OC(C)(C)C)nc42)SCC(CCN2CCCC2)=C3)c1C. The van der Waals surface area contributed by atoms with Crippen LogP contribution in [-0.2, 0) is 11.3 Å². The van der Waals surface area contributed by atoms with E-state index in [4.69, 9.17) is 24.5 Å². The van der Waals surface area contributed by atoms with Crippen LogP contribution in [0.4, 0.5) is 10.7 Å². The zero-order chi connectivity index (χ0) is 27.7. The van der Waals surface area contributed by atoms with Crippen molar-refractivity contribution in [2.24, 2.45) is 0 Å². The molecular formula is C28H37N7O3S. The average molecular weight is 552 g/mol. The highest BCUT2D eigenvalue weighted by molar-refractivity contribution is 7.99. The van der Waals surface area contributed by atoms with Crippen LogP contribution in [0.3, 0.4) is 0 Å². The molecule has 0 saturated carbocycles. The van der Waals surface area contributed by atoms with Gasteiger partial charge in [-0.3, -0.25) is 10.3 Å². The number of anilines is 1. The molecule has 0 aliphatic carbocycles. The highest BCUT2D eigenvalue weighted by Crippen LogP contribution is 2.36. The van der Waals surface area contributed by atoms with Crippen molar-refractivity contribution in [3.63, 3.8) is 0 Å². The van der Waals surface area contributed by atoms with E-state index < -0.39 is 11.7 Å². The molecule has 2 aliphatic heterocycles. The van der Waals surface area contributed by atoms with Crippen LogP contribution in [0.2, 0.25) is 0 Å². The average Bonchev–Trinajstić information content (AvgIpc) is 3.45. The van der Waals surface area contributed by atoms with Gasteiger partial charge in [0, 0.05) is 29.6 Å². The maximum atomic E-state index is 12.6. The minimum atomic E-state index is -0.633. The Morgan fingerprint density at radius 3 is 2.67 bits per heavy atom. The van der Waals surface area contributed by atoms with Gasteiger partial charge < -0.3 is 14.4 Å². The van der Waals surface area contributed by atoms with E-state index >= 15 is 0 Å². The summed E-state index contributed by atoms with van der Waals surface area (Å²) < 4.78 is 12.9. The quantitative estimate of drug-likeness (QED) is 0.396. The number of carbonyl (C=O) groups is 1.